The highest BCUT2D eigenvalue weighted by molar-refractivity contribution is 5.78. The maximum atomic E-state index is 12.1. The SMILES string of the molecule is CCCCCCCCC=CCCCCCCCC(=O)CCCCCCCC=CCCCCCCCC. The second kappa shape index (κ2) is 32.2. The van der Waals surface area contributed by atoms with Gasteiger partial charge in [-0.2, -0.15) is 0 Å². The van der Waals surface area contributed by atoms with E-state index in [2.05, 4.69) is 38.2 Å². The van der Waals surface area contributed by atoms with Gasteiger partial charge in [0.25, 0.3) is 0 Å². The number of rotatable bonds is 30. The van der Waals surface area contributed by atoms with Gasteiger partial charge in [0.2, 0.25) is 0 Å². The predicted octanol–water partition coefficient (Wildman–Crippen LogP) is 12.6. The summed E-state index contributed by atoms with van der Waals surface area (Å²) in [7, 11) is 0. The van der Waals surface area contributed by atoms with Crippen LogP contribution in [0.2, 0.25) is 0 Å². The number of carbonyl (C=O) groups excluding carboxylic acids is 1. The molecule has 0 aliphatic heterocycles. The minimum Gasteiger partial charge on any atom is -0.300 e. The van der Waals surface area contributed by atoms with Crippen LogP contribution in [0.15, 0.2) is 24.3 Å². The predicted molar refractivity (Wildman–Crippen MR) is 164 cm³/mol. The van der Waals surface area contributed by atoms with Crippen molar-refractivity contribution < 1.29 is 4.79 Å². The Morgan fingerprint density at radius 3 is 0.917 bits per heavy atom. The molecule has 36 heavy (non-hydrogen) atoms. The molecule has 0 heterocycles. The van der Waals surface area contributed by atoms with E-state index in [1.54, 1.807) is 0 Å². The van der Waals surface area contributed by atoms with Crippen molar-refractivity contribution in [3.05, 3.63) is 24.3 Å². The molecule has 0 unspecified atom stereocenters. The third kappa shape index (κ3) is 31.2. The molecule has 1 heteroatoms. The Morgan fingerprint density at radius 1 is 0.361 bits per heavy atom. The van der Waals surface area contributed by atoms with E-state index < -0.39 is 0 Å². The van der Waals surface area contributed by atoms with Gasteiger partial charge in [-0.3, -0.25) is 4.79 Å². The minimum atomic E-state index is 0.505. The smallest absolute Gasteiger partial charge is 0.132 e. The van der Waals surface area contributed by atoms with Crippen LogP contribution < -0.4 is 0 Å². The molecule has 0 rings (SSSR count). The van der Waals surface area contributed by atoms with Crippen LogP contribution in [0.25, 0.3) is 0 Å². The highest BCUT2D eigenvalue weighted by atomic mass is 16.1. The largest absolute Gasteiger partial charge is 0.300 e. The number of hydrogen-bond donors (Lipinski definition) is 0. The zero-order valence-electron chi connectivity index (χ0n) is 25.0. The summed E-state index contributed by atoms with van der Waals surface area (Å²) in [6, 6.07) is 0. The van der Waals surface area contributed by atoms with Crippen molar-refractivity contribution in [3.8, 4) is 0 Å². The van der Waals surface area contributed by atoms with Crippen LogP contribution in [0.1, 0.15) is 194 Å². The first-order chi connectivity index (χ1) is 17.8. The maximum absolute atomic E-state index is 12.1. The number of carbonyl (C=O) groups is 1. The van der Waals surface area contributed by atoms with Crippen LogP contribution in [0.4, 0.5) is 0 Å². The lowest BCUT2D eigenvalue weighted by atomic mass is 10.0. The standard InChI is InChI=1S/C35H66O/c1-3-5-7-9-11-13-15-17-19-21-23-25-27-29-31-33-35(36)34-32-30-28-26-24-22-20-18-16-14-12-10-8-6-4-2/h17-20H,3-16,21-34H2,1-2H3. The lowest BCUT2D eigenvalue weighted by molar-refractivity contribution is -0.119. The Hall–Kier alpha value is -0.850. The number of Topliss-reactive ketones (excluding diaryl/α,β-unsaturated/α-hetero) is 1. The van der Waals surface area contributed by atoms with Crippen molar-refractivity contribution in [2.75, 3.05) is 0 Å². The van der Waals surface area contributed by atoms with E-state index in [0.29, 0.717) is 5.78 Å². The summed E-state index contributed by atoms with van der Waals surface area (Å²) >= 11 is 0. The number of unbranched alkanes of at least 4 members (excludes halogenated alkanes) is 22. The topological polar surface area (TPSA) is 17.1 Å². The van der Waals surface area contributed by atoms with E-state index in [0.717, 1.165) is 25.7 Å². The van der Waals surface area contributed by atoms with E-state index in [1.807, 2.05) is 0 Å². The first-order valence-electron chi connectivity index (χ1n) is 16.6. The molecule has 0 saturated heterocycles. The van der Waals surface area contributed by atoms with Gasteiger partial charge in [0.1, 0.15) is 5.78 Å². The molecule has 0 atom stereocenters. The van der Waals surface area contributed by atoms with E-state index >= 15 is 0 Å². The molecular formula is C35H66O. The summed E-state index contributed by atoms with van der Waals surface area (Å²) < 4.78 is 0. The monoisotopic (exact) mass is 503 g/mol. The quantitative estimate of drug-likeness (QED) is 0.0704. The summed E-state index contributed by atoms with van der Waals surface area (Å²) in [5.41, 5.74) is 0. The van der Waals surface area contributed by atoms with Crippen LogP contribution >= 0.6 is 0 Å². The molecule has 0 aromatic rings. The molecule has 0 N–H and O–H groups in total. The van der Waals surface area contributed by atoms with Gasteiger partial charge < -0.3 is 0 Å². The maximum Gasteiger partial charge on any atom is 0.132 e. The Labute approximate surface area is 228 Å². The van der Waals surface area contributed by atoms with Crippen LogP contribution in [-0.2, 0) is 4.79 Å². The lowest BCUT2D eigenvalue weighted by Gasteiger charge is -2.03. The molecule has 0 aromatic heterocycles. The van der Waals surface area contributed by atoms with E-state index in [4.69, 9.17) is 0 Å². The zero-order valence-corrected chi connectivity index (χ0v) is 25.0. The van der Waals surface area contributed by atoms with Gasteiger partial charge in [-0.15, -0.1) is 0 Å². The molecule has 0 saturated carbocycles. The Bertz CT molecular complexity index is 433. The first-order valence-corrected chi connectivity index (χ1v) is 16.6. The molecule has 212 valence electrons. The molecule has 0 amide bonds. The van der Waals surface area contributed by atoms with Gasteiger partial charge in [-0.25, -0.2) is 0 Å². The van der Waals surface area contributed by atoms with Gasteiger partial charge in [0, 0.05) is 12.8 Å². The summed E-state index contributed by atoms with van der Waals surface area (Å²) in [6.07, 6.45) is 45.5. The number of hydrogen-bond acceptors (Lipinski definition) is 1. The van der Waals surface area contributed by atoms with Crippen LogP contribution in [0.3, 0.4) is 0 Å². The molecule has 0 aliphatic rings. The van der Waals surface area contributed by atoms with Gasteiger partial charge in [0.15, 0.2) is 0 Å². The molecule has 0 bridgehead atoms. The van der Waals surface area contributed by atoms with Crippen molar-refractivity contribution in [2.45, 2.75) is 194 Å². The first kappa shape index (κ1) is 35.2. The Balaban J connectivity index is 3.24. The van der Waals surface area contributed by atoms with Crippen molar-refractivity contribution in [1.29, 1.82) is 0 Å². The molecule has 0 fully saturated rings. The Kier molecular flexibility index (Phi) is 31.4. The van der Waals surface area contributed by atoms with Crippen molar-refractivity contribution in [3.63, 3.8) is 0 Å². The van der Waals surface area contributed by atoms with Crippen LogP contribution in [0.5, 0.6) is 0 Å². The molecule has 0 spiro atoms. The van der Waals surface area contributed by atoms with Gasteiger partial charge in [-0.1, -0.05) is 141 Å². The third-order valence-electron chi connectivity index (χ3n) is 7.43. The highest BCUT2D eigenvalue weighted by Crippen LogP contribution is 2.13. The van der Waals surface area contributed by atoms with Gasteiger partial charge in [0.05, 0.1) is 0 Å². The average molecular weight is 503 g/mol. The summed E-state index contributed by atoms with van der Waals surface area (Å²) in [6.45, 7) is 4.56. The fourth-order valence-electron chi connectivity index (χ4n) is 4.91. The number of ketones is 1. The fraction of sp³-hybridized carbons (Fsp3) is 0.857. The Morgan fingerprint density at radius 2 is 0.611 bits per heavy atom. The average Bonchev–Trinajstić information content (AvgIpc) is 2.88. The zero-order chi connectivity index (χ0) is 26.2. The molecule has 0 radical (unpaired) electrons. The van der Waals surface area contributed by atoms with E-state index in [-0.39, 0.29) is 0 Å². The fourth-order valence-corrected chi connectivity index (χ4v) is 4.91. The van der Waals surface area contributed by atoms with Crippen molar-refractivity contribution in [2.24, 2.45) is 0 Å². The molecule has 0 aliphatic carbocycles. The van der Waals surface area contributed by atoms with Crippen molar-refractivity contribution in [1.82, 2.24) is 0 Å². The summed E-state index contributed by atoms with van der Waals surface area (Å²) in [5.74, 6) is 0.505. The number of allylic oxidation sites excluding steroid dienone is 4. The van der Waals surface area contributed by atoms with Crippen molar-refractivity contribution >= 4 is 5.78 Å². The molecule has 1 nitrogen and oxygen atoms in total. The summed E-state index contributed by atoms with van der Waals surface area (Å²) in [5, 5.41) is 0. The molecular weight excluding hydrogens is 436 g/mol. The molecule has 0 aromatic carbocycles. The van der Waals surface area contributed by atoms with Crippen LogP contribution in [-0.4, -0.2) is 5.78 Å². The minimum absolute atomic E-state index is 0.505. The van der Waals surface area contributed by atoms with Gasteiger partial charge in [-0.05, 0) is 64.2 Å². The van der Waals surface area contributed by atoms with E-state index in [9.17, 15) is 4.79 Å². The van der Waals surface area contributed by atoms with E-state index in [1.165, 1.54) is 154 Å². The van der Waals surface area contributed by atoms with Gasteiger partial charge >= 0.3 is 0 Å². The normalized spacial score (nSPS) is 11.8. The summed E-state index contributed by atoms with van der Waals surface area (Å²) in [4.78, 5) is 12.1. The highest BCUT2D eigenvalue weighted by Gasteiger charge is 2.02. The van der Waals surface area contributed by atoms with Crippen LogP contribution in [0, 0.1) is 0 Å². The lowest BCUT2D eigenvalue weighted by Crippen LogP contribution is -1.97. The second-order valence-electron chi connectivity index (χ2n) is 11.2. The third-order valence-corrected chi connectivity index (χ3v) is 7.43. The second-order valence-corrected chi connectivity index (χ2v) is 11.2.